The SMILES string of the molecule is CCOc1ccccc1C1(OC(=O)N2CCN(C3CCN(C)CC3)CC2)C(=O)N(S(=O)(=O)c2cn(C)c(C)n2)c2ccc(F)cc21. The topological polar surface area (TPSA) is 118 Å². The number of aryl methyl sites for hydroxylation is 2. The van der Waals surface area contributed by atoms with Crippen LogP contribution in [0.1, 0.15) is 36.7 Å². The molecule has 6 rings (SSSR count). The van der Waals surface area contributed by atoms with E-state index in [-0.39, 0.29) is 34.2 Å². The number of ether oxygens (including phenoxy) is 2. The average molecular weight is 655 g/mol. The number of imidazole rings is 1. The number of piperidine rings is 1. The first-order chi connectivity index (χ1) is 22.0. The Morgan fingerprint density at radius 1 is 1.02 bits per heavy atom. The van der Waals surface area contributed by atoms with Gasteiger partial charge >= 0.3 is 6.09 Å². The van der Waals surface area contributed by atoms with E-state index in [1.54, 1.807) is 39.1 Å². The molecule has 1 atom stereocenters. The first-order valence-electron chi connectivity index (χ1n) is 15.5. The van der Waals surface area contributed by atoms with Gasteiger partial charge in [0.15, 0.2) is 5.03 Å². The Morgan fingerprint density at radius 3 is 2.37 bits per heavy atom. The number of aromatic nitrogens is 2. The van der Waals surface area contributed by atoms with Gasteiger partial charge in [-0.05, 0) is 71.1 Å². The number of rotatable bonds is 7. The van der Waals surface area contributed by atoms with Crippen LogP contribution in [0, 0.1) is 12.7 Å². The molecule has 0 radical (unpaired) electrons. The van der Waals surface area contributed by atoms with E-state index in [1.807, 2.05) is 0 Å². The number of hydrogen-bond donors (Lipinski definition) is 0. The highest BCUT2D eigenvalue weighted by molar-refractivity contribution is 7.93. The lowest BCUT2D eigenvalue weighted by Crippen LogP contribution is -2.55. The number of fused-ring (bicyclic) bond motifs is 1. The monoisotopic (exact) mass is 654 g/mol. The number of piperazine rings is 1. The third-order valence-electron chi connectivity index (χ3n) is 9.22. The normalized spacial score (nSPS) is 21.5. The minimum Gasteiger partial charge on any atom is -0.493 e. The summed E-state index contributed by atoms with van der Waals surface area (Å²) < 4.78 is 57.5. The van der Waals surface area contributed by atoms with Crippen LogP contribution in [0.15, 0.2) is 53.7 Å². The van der Waals surface area contributed by atoms with E-state index in [9.17, 15) is 18.0 Å². The minimum absolute atomic E-state index is 0.0851. The van der Waals surface area contributed by atoms with Crippen molar-refractivity contribution < 1.29 is 31.9 Å². The lowest BCUT2D eigenvalue weighted by Gasteiger charge is -2.42. The summed E-state index contributed by atoms with van der Waals surface area (Å²) in [4.78, 5) is 39.2. The van der Waals surface area contributed by atoms with Gasteiger partial charge in [-0.1, -0.05) is 18.2 Å². The Morgan fingerprint density at radius 2 is 1.72 bits per heavy atom. The molecule has 0 aliphatic carbocycles. The summed E-state index contributed by atoms with van der Waals surface area (Å²) in [7, 11) is -0.886. The second-order valence-electron chi connectivity index (χ2n) is 12.0. The Hall–Kier alpha value is -4.01. The Bertz CT molecular complexity index is 1730. The van der Waals surface area contributed by atoms with Crippen molar-refractivity contribution in [3.8, 4) is 5.75 Å². The molecule has 12 nitrogen and oxygen atoms in total. The fourth-order valence-corrected chi connectivity index (χ4v) is 8.09. The molecular weight excluding hydrogens is 615 g/mol. The fraction of sp³-hybridized carbons (Fsp3) is 0.469. The van der Waals surface area contributed by atoms with Crippen molar-refractivity contribution in [1.29, 1.82) is 0 Å². The van der Waals surface area contributed by atoms with Crippen molar-refractivity contribution in [1.82, 2.24) is 24.3 Å². The second kappa shape index (κ2) is 12.3. The molecule has 2 fully saturated rings. The van der Waals surface area contributed by atoms with Gasteiger partial charge in [-0.25, -0.2) is 14.2 Å². The molecule has 3 aromatic rings. The first kappa shape index (κ1) is 32.0. The number of hydrogen-bond acceptors (Lipinski definition) is 9. The largest absolute Gasteiger partial charge is 0.493 e. The summed E-state index contributed by atoms with van der Waals surface area (Å²) in [5.74, 6) is -1.23. The van der Waals surface area contributed by atoms with Crippen molar-refractivity contribution in [2.24, 2.45) is 7.05 Å². The van der Waals surface area contributed by atoms with E-state index in [0.717, 1.165) is 38.1 Å². The molecule has 3 aliphatic heterocycles. The molecule has 3 aliphatic rings. The number of nitrogens with zero attached hydrogens (tertiary/aromatic N) is 6. The molecule has 46 heavy (non-hydrogen) atoms. The van der Waals surface area contributed by atoms with E-state index in [4.69, 9.17) is 9.47 Å². The lowest BCUT2D eigenvalue weighted by molar-refractivity contribution is -0.132. The second-order valence-corrected chi connectivity index (χ2v) is 13.7. The quantitative estimate of drug-likeness (QED) is 0.379. The summed E-state index contributed by atoms with van der Waals surface area (Å²) >= 11 is 0. The van der Waals surface area contributed by atoms with Gasteiger partial charge in [-0.2, -0.15) is 12.7 Å². The van der Waals surface area contributed by atoms with Crippen molar-refractivity contribution in [2.75, 3.05) is 57.2 Å². The van der Waals surface area contributed by atoms with Crippen LogP contribution in [0.2, 0.25) is 0 Å². The van der Waals surface area contributed by atoms with E-state index >= 15 is 4.39 Å². The van der Waals surface area contributed by atoms with Crippen LogP contribution in [0.3, 0.4) is 0 Å². The highest BCUT2D eigenvalue weighted by atomic mass is 32.2. The van der Waals surface area contributed by atoms with Crippen LogP contribution in [-0.4, -0.2) is 104 Å². The molecule has 2 aromatic carbocycles. The highest BCUT2D eigenvalue weighted by Gasteiger charge is 2.61. The smallest absolute Gasteiger partial charge is 0.411 e. The third-order valence-corrected chi connectivity index (χ3v) is 10.8. The number of para-hydroxylation sites is 1. The zero-order chi connectivity index (χ0) is 32.8. The van der Waals surface area contributed by atoms with Crippen molar-refractivity contribution in [3.63, 3.8) is 0 Å². The zero-order valence-electron chi connectivity index (χ0n) is 26.5. The molecule has 0 bridgehead atoms. The van der Waals surface area contributed by atoms with Crippen LogP contribution in [0.4, 0.5) is 14.9 Å². The van der Waals surface area contributed by atoms with E-state index in [2.05, 4.69) is 21.8 Å². The molecule has 1 unspecified atom stereocenters. The summed E-state index contributed by atoms with van der Waals surface area (Å²) in [5, 5.41) is -0.374. The van der Waals surface area contributed by atoms with Crippen LogP contribution >= 0.6 is 0 Å². The number of amides is 2. The van der Waals surface area contributed by atoms with Gasteiger partial charge < -0.3 is 23.8 Å². The maximum absolute atomic E-state index is 15.1. The molecule has 246 valence electrons. The molecule has 0 saturated carbocycles. The molecule has 1 aromatic heterocycles. The van der Waals surface area contributed by atoms with Gasteiger partial charge in [-0.3, -0.25) is 9.69 Å². The molecule has 14 heteroatoms. The fourth-order valence-electron chi connectivity index (χ4n) is 6.60. The molecule has 2 amide bonds. The molecule has 4 heterocycles. The molecule has 2 saturated heterocycles. The summed E-state index contributed by atoms with van der Waals surface area (Å²) in [6.07, 6.45) is 2.58. The standard InChI is InChI=1S/C32H39FN6O6S/c1-5-44-28-9-7-6-8-25(28)32(45-31(41)38-18-16-37(17-19-38)24-12-14-35(3)15-13-24)26-20-23(33)10-11-27(26)39(30(32)40)46(42,43)29-21-36(4)22(2)34-29/h6-11,20-21,24H,5,12-19H2,1-4H3. The molecule has 0 spiro atoms. The maximum atomic E-state index is 15.1. The van der Waals surface area contributed by atoms with Crippen LogP contribution in [0.5, 0.6) is 5.75 Å². The van der Waals surface area contributed by atoms with Gasteiger partial charge in [0.25, 0.3) is 15.9 Å². The predicted octanol–water partition coefficient (Wildman–Crippen LogP) is 3.09. The van der Waals surface area contributed by atoms with Gasteiger partial charge in [0.1, 0.15) is 17.4 Å². The Kier molecular flexibility index (Phi) is 8.55. The summed E-state index contributed by atoms with van der Waals surface area (Å²) in [6, 6.07) is 10.2. The Balaban J connectivity index is 1.41. The summed E-state index contributed by atoms with van der Waals surface area (Å²) in [6.45, 7) is 7.60. The predicted molar refractivity (Wildman–Crippen MR) is 168 cm³/mol. The first-order valence-corrected chi connectivity index (χ1v) is 16.9. The Labute approximate surface area is 268 Å². The number of carbonyl (C=O) groups is 2. The maximum Gasteiger partial charge on any atom is 0.411 e. The number of benzene rings is 2. The van der Waals surface area contributed by atoms with Gasteiger partial charge in [0.05, 0.1) is 17.9 Å². The van der Waals surface area contributed by atoms with Crippen LogP contribution < -0.4 is 9.04 Å². The van der Waals surface area contributed by atoms with Gasteiger partial charge in [-0.15, -0.1) is 0 Å². The van der Waals surface area contributed by atoms with Crippen molar-refractivity contribution in [2.45, 2.75) is 43.4 Å². The number of sulfonamides is 1. The molecular formula is C32H39FN6O6S. The van der Waals surface area contributed by atoms with Crippen molar-refractivity contribution in [3.05, 3.63) is 71.4 Å². The van der Waals surface area contributed by atoms with Gasteiger partial charge in [0, 0.05) is 51.0 Å². The van der Waals surface area contributed by atoms with Crippen LogP contribution in [-0.2, 0) is 32.2 Å². The van der Waals surface area contributed by atoms with Gasteiger partial charge in [0.2, 0.25) is 5.60 Å². The number of halogens is 1. The van der Waals surface area contributed by atoms with Crippen molar-refractivity contribution >= 4 is 27.7 Å². The van der Waals surface area contributed by atoms with E-state index in [1.165, 1.54) is 27.8 Å². The zero-order valence-corrected chi connectivity index (χ0v) is 27.3. The number of carbonyl (C=O) groups excluding carboxylic acids is 2. The minimum atomic E-state index is -4.63. The highest BCUT2D eigenvalue weighted by Crippen LogP contribution is 2.51. The average Bonchev–Trinajstić information content (AvgIpc) is 3.51. The number of likely N-dealkylation sites (tertiary alicyclic amines) is 1. The third kappa shape index (κ3) is 5.41. The van der Waals surface area contributed by atoms with E-state index < -0.39 is 33.4 Å². The molecule has 0 N–H and O–H groups in total. The summed E-state index contributed by atoms with van der Waals surface area (Å²) in [5.41, 5.74) is -2.55. The van der Waals surface area contributed by atoms with E-state index in [0.29, 0.717) is 42.4 Å². The lowest BCUT2D eigenvalue weighted by atomic mass is 9.86. The number of anilines is 1. The van der Waals surface area contributed by atoms with Crippen LogP contribution in [0.25, 0.3) is 0 Å².